The molecule has 9 heteroatoms. The van der Waals surface area contributed by atoms with E-state index in [1.165, 1.54) is 28.6 Å². The molecule has 0 spiro atoms. The highest BCUT2D eigenvalue weighted by Gasteiger charge is 2.46. The number of nitrogens with zero attached hydrogens (tertiary/aromatic N) is 3. The highest BCUT2D eigenvalue weighted by Crippen LogP contribution is 2.42. The molecule has 0 radical (unpaired) electrons. The number of ketones is 1. The Hall–Kier alpha value is -3.46. The molecule has 2 aromatic heterocycles. The van der Waals surface area contributed by atoms with Crippen molar-refractivity contribution in [3.05, 3.63) is 70.3 Å². The zero-order chi connectivity index (χ0) is 19.8. The molecule has 0 aliphatic carbocycles. The summed E-state index contributed by atoms with van der Waals surface area (Å²) in [5, 5.41) is 19.5. The molecule has 8 nitrogen and oxygen atoms in total. The molecule has 0 saturated heterocycles. The summed E-state index contributed by atoms with van der Waals surface area (Å²) >= 11 is 1.19. The Balaban J connectivity index is 1.86. The van der Waals surface area contributed by atoms with Gasteiger partial charge in [0.2, 0.25) is 10.9 Å². The minimum absolute atomic E-state index is 0.0307. The van der Waals surface area contributed by atoms with Crippen LogP contribution in [0.5, 0.6) is 5.75 Å². The number of ether oxygens (including phenoxy) is 1. The first-order valence-electron chi connectivity index (χ1n) is 8.30. The van der Waals surface area contributed by atoms with Gasteiger partial charge in [0.05, 0.1) is 25.0 Å². The van der Waals surface area contributed by atoms with Crippen LogP contribution in [0.1, 0.15) is 27.2 Å². The van der Waals surface area contributed by atoms with Gasteiger partial charge in [-0.25, -0.2) is 0 Å². The summed E-state index contributed by atoms with van der Waals surface area (Å²) in [6.07, 6.45) is 1.36. The maximum atomic E-state index is 13.0. The SMILES string of the molecule is COc1ccc([C@H]2C(C(=O)c3ccco3)=C(O)C(=O)N2c2nnc(C)s2)cc1. The van der Waals surface area contributed by atoms with Crippen molar-refractivity contribution in [3.63, 3.8) is 0 Å². The van der Waals surface area contributed by atoms with Crippen LogP contribution in [0.3, 0.4) is 0 Å². The van der Waals surface area contributed by atoms with Crippen molar-refractivity contribution >= 4 is 28.2 Å². The summed E-state index contributed by atoms with van der Waals surface area (Å²) in [4.78, 5) is 27.1. The number of furan rings is 1. The van der Waals surface area contributed by atoms with Crippen molar-refractivity contribution in [2.24, 2.45) is 0 Å². The Morgan fingerprint density at radius 1 is 1.25 bits per heavy atom. The molecular formula is C19H15N3O5S. The number of hydrogen-bond acceptors (Lipinski definition) is 8. The number of amides is 1. The Morgan fingerprint density at radius 2 is 2.00 bits per heavy atom. The molecule has 1 N–H and O–H groups in total. The highest BCUT2D eigenvalue weighted by atomic mass is 32.1. The molecule has 0 bridgehead atoms. The number of aliphatic hydroxyl groups is 1. The lowest BCUT2D eigenvalue weighted by Crippen LogP contribution is -2.31. The van der Waals surface area contributed by atoms with Gasteiger partial charge in [-0.15, -0.1) is 10.2 Å². The zero-order valence-electron chi connectivity index (χ0n) is 14.9. The first kappa shape index (κ1) is 17.9. The van der Waals surface area contributed by atoms with E-state index in [-0.39, 0.29) is 16.5 Å². The first-order valence-corrected chi connectivity index (χ1v) is 9.12. The van der Waals surface area contributed by atoms with E-state index in [4.69, 9.17) is 9.15 Å². The lowest BCUT2D eigenvalue weighted by molar-refractivity contribution is -0.117. The second-order valence-electron chi connectivity index (χ2n) is 6.02. The van der Waals surface area contributed by atoms with Crippen LogP contribution in [0.4, 0.5) is 5.13 Å². The molecule has 0 unspecified atom stereocenters. The van der Waals surface area contributed by atoms with Crippen LogP contribution in [0.2, 0.25) is 0 Å². The fourth-order valence-electron chi connectivity index (χ4n) is 3.06. The minimum Gasteiger partial charge on any atom is -0.503 e. The van der Waals surface area contributed by atoms with Crippen molar-refractivity contribution in [2.75, 3.05) is 12.0 Å². The summed E-state index contributed by atoms with van der Waals surface area (Å²) in [6.45, 7) is 1.76. The van der Waals surface area contributed by atoms with Crippen molar-refractivity contribution in [3.8, 4) is 5.75 Å². The van der Waals surface area contributed by atoms with E-state index in [1.807, 2.05) is 0 Å². The average molecular weight is 397 g/mol. The van der Waals surface area contributed by atoms with Gasteiger partial charge in [-0.2, -0.15) is 0 Å². The van der Waals surface area contributed by atoms with E-state index < -0.39 is 23.5 Å². The molecule has 1 atom stereocenters. The van der Waals surface area contributed by atoms with Gasteiger partial charge in [0.15, 0.2) is 11.5 Å². The van der Waals surface area contributed by atoms with E-state index in [0.29, 0.717) is 16.3 Å². The predicted molar refractivity (Wildman–Crippen MR) is 101 cm³/mol. The summed E-state index contributed by atoms with van der Waals surface area (Å²) < 4.78 is 10.4. The topological polar surface area (TPSA) is 106 Å². The summed E-state index contributed by atoms with van der Waals surface area (Å²) in [6, 6.07) is 9.06. The fourth-order valence-corrected chi connectivity index (χ4v) is 3.77. The number of aryl methyl sites for hydroxylation is 1. The Labute approximate surface area is 163 Å². The standard InChI is InChI=1S/C19H15N3O5S/c1-10-20-21-19(28-10)22-15(11-5-7-12(26-2)8-6-11)14(17(24)18(22)25)16(23)13-4-3-9-27-13/h3-9,15,24H,1-2H3/t15-/m0/s1. The Bertz CT molecular complexity index is 1070. The van der Waals surface area contributed by atoms with Gasteiger partial charge in [-0.05, 0) is 36.8 Å². The number of rotatable bonds is 5. The van der Waals surface area contributed by atoms with Crippen LogP contribution in [0.25, 0.3) is 0 Å². The minimum atomic E-state index is -0.872. The molecule has 0 fully saturated rings. The molecule has 1 aliphatic rings. The molecular weight excluding hydrogens is 382 g/mol. The fraction of sp³-hybridized carbons (Fsp3) is 0.158. The molecule has 3 aromatic rings. The summed E-state index contributed by atoms with van der Waals surface area (Å²) in [5.74, 6) is -1.26. The van der Waals surface area contributed by atoms with E-state index in [2.05, 4.69) is 10.2 Å². The molecule has 1 aliphatic heterocycles. The van der Waals surface area contributed by atoms with Crippen LogP contribution in [0.15, 0.2) is 58.4 Å². The second kappa shape index (κ2) is 6.93. The van der Waals surface area contributed by atoms with Gasteiger partial charge < -0.3 is 14.3 Å². The van der Waals surface area contributed by atoms with E-state index in [9.17, 15) is 14.7 Å². The number of anilines is 1. The number of aromatic nitrogens is 2. The number of carbonyl (C=O) groups is 2. The average Bonchev–Trinajstić information content (AvgIpc) is 3.43. The maximum absolute atomic E-state index is 13.0. The second-order valence-corrected chi connectivity index (χ2v) is 7.18. The van der Waals surface area contributed by atoms with Crippen LogP contribution in [0, 0.1) is 6.92 Å². The van der Waals surface area contributed by atoms with Gasteiger partial charge in [-0.3, -0.25) is 14.5 Å². The molecule has 28 heavy (non-hydrogen) atoms. The van der Waals surface area contributed by atoms with Crippen molar-refractivity contribution in [1.29, 1.82) is 0 Å². The third-order valence-corrected chi connectivity index (χ3v) is 5.19. The number of hydrogen-bond donors (Lipinski definition) is 1. The van der Waals surface area contributed by atoms with Gasteiger partial charge in [0, 0.05) is 0 Å². The van der Waals surface area contributed by atoms with E-state index >= 15 is 0 Å². The number of aliphatic hydroxyl groups excluding tert-OH is 1. The number of benzene rings is 1. The van der Waals surface area contributed by atoms with Crippen molar-refractivity contribution in [2.45, 2.75) is 13.0 Å². The van der Waals surface area contributed by atoms with Crippen molar-refractivity contribution < 1.29 is 23.8 Å². The normalized spacial score (nSPS) is 16.7. The number of Topliss-reactive ketones (excluding diaryl/α,β-unsaturated/α-hetero) is 1. The van der Waals surface area contributed by atoms with Crippen LogP contribution >= 0.6 is 11.3 Å². The third kappa shape index (κ3) is 2.85. The van der Waals surface area contributed by atoms with E-state index in [1.54, 1.807) is 44.4 Å². The highest BCUT2D eigenvalue weighted by molar-refractivity contribution is 7.15. The maximum Gasteiger partial charge on any atom is 0.296 e. The number of carbonyl (C=O) groups excluding carboxylic acids is 2. The predicted octanol–water partition coefficient (Wildman–Crippen LogP) is 3.23. The van der Waals surface area contributed by atoms with Gasteiger partial charge in [0.1, 0.15) is 10.8 Å². The smallest absolute Gasteiger partial charge is 0.296 e. The third-order valence-electron chi connectivity index (χ3n) is 4.35. The van der Waals surface area contributed by atoms with Gasteiger partial charge in [0.25, 0.3) is 5.91 Å². The molecule has 4 rings (SSSR count). The molecule has 0 saturated carbocycles. The summed E-state index contributed by atoms with van der Waals surface area (Å²) in [7, 11) is 1.54. The Kier molecular flexibility index (Phi) is 4.44. The lowest BCUT2D eigenvalue weighted by Gasteiger charge is -2.24. The lowest BCUT2D eigenvalue weighted by atomic mass is 9.95. The monoisotopic (exact) mass is 397 g/mol. The quantitative estimate of drug-likeness (QED) is 0.659. The zero-order valence-corrected chi connectivity index (χ0v) is 15.8. The Morgan fingerprint density at radius 3 is 2.57 bits per heavy atom. The van der Waals surface area contributed by atoms with Gasteiger partial charge >= 0.3 is 0 Å². The largest absolute Gasteiger partial charge is 0.503 e. The molecule has 142 valence electrons. The first-order chi connectivity index (χ1) is 13.5. The molecule has 1 aromatic carbocycles. The van der Waals surface area contributed by atoms with E-state index in [0.717, 1.165) is 0 Å². The van der Waals surface area contributed by atoms with Crippen LogP contribution in [-0.4, -0.2) is 34.1 Å². The summed E-state index contributed by atoms with van der Waals surface area (Å²) in [5.41, 5.74) is 0.541. The van der Waals surface area contributed by atoms with Crippen LogP contribution in [-0.2, 0) is 4.79 Å². The van der Waals surface area contributed by atoms with Crippen LogP contribution < -0.4 is 9.64 Å². The molecule has 1 amide bonds. The number of methoxy groups -OCH3 is 1. The van der Waals surface area contributed by atoms with Crippen molar-refractivity contribution in [1.82, 2.24) is 10.2 Å². The molecule has 3 heterocycles. The van der Waals surface area contributed by atoms with Gasteiger partial charge in [-0.1, -0.05) is 23.5 Å².